The van der Waals surface area contributed by atoms with Crippen molar-refractivity contribution in [2.24, 2.45) is 94.2 Å². The van der Waals surface area contributed by atoms with Crippen LogP contribution in [0.15, 0.2) is 0 Å². The summed E-state index contributed by atoms with van der Waals surface area (Å²) in [5.41, 5.74) is -1.90. The molecule has 0 saturated heterocycles. The van der Waals surface area contributed by atoms with Gasteiger partial charge in [0.2, 0.25) is 0 Å². The van der Waals surface area contributed by atoms with Crippen LogP contribution in [0.3, 0.4) is 0 Å². The van der Waals surface area contributed by atoms with Crippen LogP contribution in [0.1, 0.15) is 360 Å². The largest absolute Gasteiger partial charge is 0.396 e. The third-order valence-corrected chi connectivity index (χ3v) is 20.0. The number of aliphatic hydroxyl groups excluding tert-OH is 16. The van der Waals surface area contributed by atoms with Gasteiger partial charge in [-0.25, -0.2) is 0 Å². The molecule has 18 nitrogen and oxygen atoms in total. The summed E-state index contributed by atoms with van der Waals surface area (Å²) in [4.78, 5) is 0. The maximum Gasteiger partial charge on any atom is 0.0879 e. The predicted molar refractivity (Wildman–Crippen MR) is 449 cm³/mol. The Balaban J connectivity index is -0.000000143. The van der Waals surface area contributed by atoms with E-state index >= 15 is 0 Å². The minimum atomic E-state index is -0.829. The summed E-state index contributed by atoms with van der Waals surface area (Å²) in [5, 5.41) is 167. The Morgan fingerprint density at radius 1 is 0.283 bits per heavy atom. The van der Waals surface area contributed by atoms with E-state index in [0.29, 0.717) is 72.5 Å². The van der Waals surface area contributed by atoms with Gasteiger partial charge in [-0.05, 0) is 193 Å². The molecule has 0 radical (unpaired) electrons. The van der Waals surface area contributed by atoms with Crippen LogP contribution in [0.5, 0.6) is 0 Å². The molecular formula is C88H194O18. The molecule has 0 amide bonds. The smallest absolute Gasteiger partial charge is 0.0879 e. The van der Waals surface area contributed by atoms with Crippen LogP contribution in [-0.4, -0.2) is 206 Å². The number of hydrogen-bond acceptors (Lipinski definition) is 18. The van der Waals surface area contributed by atoms with E-state index in [0.717, 1.165) is 154 Å². The molecular weight excluding hydrogens is 1340 g/mol. The maximum absolute atomic E-state index is 9.87. The molecule has 0 aliphatic rings. The zero-order valence-electron chi connectivity index (χ0n) is 74.8. The van der Waals surface area contributed by atoms with Crippen molar-refractivity contribution in [2.75, 3.05) is 66.1 Å². The fraction of sp³-hybridized carbons (Fsp3) is 1.00. The van der Waals surface area contributed by atoms with Gasteiger partial charge in [-0.3, -0.25) is 0 Å². The van der Waals surface area contributed by atoms with Crippen molar-refractivity contribution >= 4 is 0 Å². The zero-order valence-corrected chi connectivity index (χ0v) is 74.8. The Bertz CT molecular complexity index is 1650. The zero-order chi connectivity index (χ0) is 84.8. The van der Waals surface area contributed by atoms with Gasteiger partial charge in [0.1, 0.15) is 0 Å². The summed E-state index contributed by atoms with van der Waals surface area (Å²) < 4.78 is 0. The van der Waals surface area contributed by atoms with Crippen molar-refractivity contribution in [3.8, 4) is 0 Å². The summed E-state index contributed by atoms with van der Waals surface area (Å²) in [7, 11) is 0. The lowest BCUT2D eigenvalue weighted by Crippen LogP contribution is -2.35. The second-order valence-electron chi connectivity index (χ2n) is 34.8. The minimum absolute atomic E-state index is 0.0740. The molecule has 0 aromatic carbocycles. The lowest BCUT2D eigenvalue weighted by molar-refractivity contribution is -0.0380. The fourth-order valence-electron chi connectivity index (χ4n) is 12.7. The van der Waals surface area contributed by atoms with Crippen molar-refractivity contribution in [2.45, 2.75) is 408 Å². The van der Waals surface area contributed by atoms with Gasteiger partial charge in [-0.15, -0.1) is 0 Å². The Labute approximate surface area is 657 Å². The van der Waals surface area contributed by atoms with Gasteiger partial charge in [0, 0.05) is 62.8 Å². The SMILES string of the molecule is CCC(CO)CC(O)CC(C)C.CCC(O)C(CCO)C(C)C.CCC(O)C(CO)CCC(C)C.CCC(O)CC(CO)CC(C)C.CCCC(CO)(CO)C(C)C.CCCC(CO)C(O)CC(C)C.CCCC(O)(CO)CCC(C)C.CCCC(O)C(CO)CC(C)C.CCCCC(O)(CO)CC(C)C. The molecule has 18 N–H and O–H groups in total. The summed E-state index contributed by atoms with van der Waals surface area (Å²) in [6.45, 7) is 57.0. The molecule has 0 bridgehead atoms. The average Bonchev–Trinajstić information content (AvgIpc) is 0.867. The lowest BCUT2D eigenvalue weighted by atomic mass is 9.75. The van der Waals surface area contributed by atoms with Gasteiger partial charge in [0.15, 0.2) is 0 Å². The number of unbranched alkanes of at least 4 members (excludes halogenated alkanes) is 1. The molecule has 14 atom stereocenters. The Morgan fingerprint density at radius 3 is 1.03 bits per heavy atom. The van der Waals surface area contributed by atoms with Gasteiger partial charge in [0.25, 0.3) is 0 Å². The summed E-state index contributed by atoms with van der Waals surface area (Å²) >= 11 is 0. The highest BCUT2D eigenvalue weighted by Crippen LogP contribution is 2.32. The third kappa shape index (κ3) is 78.6. The number of hydrogen-bond donors (Lipinski definition) is 18. The highest BCUT2D eigenvalue weighted by atomic mass is 16.3. The van der Waals surface area contributed by atoms with Crippen LogP contribution in [0, 0.1) is 94.2 Å². The van der Waals surface area contributed by atoms with Crippen LogP contribution < -0.4 is 0 Å². The molecule has 0 spiro atoms. The van der Waals surface area contributed by atoms with Gasteiger partial charge in [-0.1, -0.05) is 238 Å². The molecule has 18 heteroatoms. The molecule has 0 aromatic heterocycles. The van der Waals surface area contributed by atoms with Crippen LogP contribution in [-0.2, 0) is 0 Å². The first kappa shape index (κ1) is 124. The van der Waals surface area contributed by atoms with Gasteiger partial charge in [-0.2, -0.15) is 0 Å². The van der Waals surface area contributed by atoms with Crippen molar-refractivity contribution in [3.05, 3.63) is 0 Å². The van der Waals surface area contributed by atoms with E-state index in [1.54, 1.807) is 0 Å². The monoisotopic (exact) mass is 1540 g/mol. The first-order chi connectivity index (χ1) is 49.4. The first-order valence-electron chi connectivity index (χ1n) is 43.0. The van der Waals surface area contributed by atoms with E-state index in [2.05, 4.69) is 132 Å². The standard InChI is InChI=1S/7C10H22O2.2C9H20O2/c1-4-10(12)6-9(7-11)5-8(2)3;1-4-9(7-11)6-10(12)5-8(2)3;1-4-10(12)9(7-11)6-5-8(2)3;1-4-6-10(12,8-11)7-5-9(2)3;1-4-5-10(12)9(7-11)6-8(2)3;1-4-5-9(7-11)10(12)6-8(2)3;1-4-5-6-10(12,8-11)7-9(2)3;1-4-9(11)8(5-6-10)7(2)3;1-4-5-9(6-10,7-11)8(2)3/h3*8-12H,4-7H2,1-3H3;9,11-12H,4-8H2,1-3H3;2*8-12H,4-7H2,1-3H3;9,11-12H,4-8H2,1-3H3;7-11H,4-6H2,1-3H3;8,10-11H,4-7H2,1-3H3. The third-order valence-electron chi connectivity index (χ3n) is 20.0. The second kappa shape index (κ2) is 80.9. The summed E-state index contributed by atoms with van der Waals surface area (Å²) in [6, 6.07) is 0. The number of rotatable bonds is 52. The number of aliphatic hydroxyl groups is 18. The molecule has 106 heavy (non-hydrogen) atoms. The topological polar surface area (TPSA) is 364 Å². The normalized spacial score (nSPS) is 16.1. The van der Waals surface area contributed by atoms with E-state index in [4.69, 9.17) is 51.1 Å². The molecule has 0 rings (SSSR count). The van der Waals surface area contributed by atoms with Crippen LogP contribution >= 0.6 is 0 Å². The first-order valence-corrected chi connectivity index (χ1v) is 43.0. The van der Waals surface area contributed by atoms with E-state index < -0.39 is 11.2 Å². The van der Waals surface area contributed by atoms with Gasteiger partial charge >= 0.3 is 0 Å². The fourth-order valence-corrected chi connectivity index (χ4v) is 12.7. The van der Waals surface area contributed by atoms with E-state index in [9.17, 15) is 40.9 Å². The molecule has 0 saturated carbocycles. The highest BCUT2D eigenvalue weighted by Gasteiger charge is 2.32. The Kier molecular flexibility index (Phi) is 94.2. The Morgan fingerprint density at radius 2 is 0.726 bits per heavy atom. The van der Waals surface area contributed by atoms with Crippen molar-refractivity contribution in [3.63, 3.8) is 0 Å². The van der Waals surface area contributed by atoms with Crippen molar-refractivity contribution in [1.29, 1.82) is 0 Å². The highest BCUT2D eigenvalue weighted by molar-refractivity contribution is 4.82. The molecule has 0 aromatic rings. The van der Waals surface area contributed by atoms with Crippen molar-refractivity contribution < 1.29 is 91.9 Å². The second-order valence-corrected chi connectivity index (χ2v) is 34.8. The molecule has 14 unspecified atom stereocenters. The molecule has 0 fully saturated rings. The summed E-state index contributed by atoms with van der Waals surface area (Å²) in [6.07, 6.45) is 21.8. The molecule has 654 valence electrons. The molecule has 0 aliphatic carbocycles. The van der Waals surface area contributed by atoms with E-state index in [1.807, 2.05) is 55.4 Å². The van der Waals surface area contributed by atoms with Crippen LogP contribution in [0.2, 0.25) is 0 Å². The van der Waals surface area contributed by atoms with Crippen LogP contribution in [0.25, 0.3) is 0 Å². The molecule has 0 aliphatic heterocycles. The molecule has 0 heterocycles. The quantitative estimate of drug-likeness (QED) is 0.0269. The van der Waals surface area contributed by atoms with E-state index in [-0.39, 0.29) is 144 Å². The minimum Gasteiger partial charge on any atom is -0.396 e. The van der Waals surface area contributed by atoms with Crippen molar-refractivity contribution in [1.82, 2.24) is 0 Å². The van der Waals surface area contributed by atoms with E-state index in [1.165, 1.54) is 0 Å². The maximum atomic E-state index is 9.87. The average molecular weight is 1540 g/mol. The van der Waals surface area contributed by atoms with Gasteiger partial charge < -0.3 is 91.9 Å². The van der Waals surface area contributed by atoms with Gasteiger partial charge in [0.05, 0.1) is 74.3 Å². The van der Waals surface area contributed by atoms with Crippen LogP contribution in [0.4, 0.5) is 0 Å². The summed E-state index contributed by atoms with van der Waals surface area (Å²) in [5.74, 6) is 5.74. The lowest BCUT2D eigenvalue weighted by Gasteiger charge is -2.33. The predicted octanol–water partition coefficient (Wildman–Crippen LogP) is 15.7. The Hall–Kier alpha value is -0.720.